The maximum Gasteiger partial charge on any atom is 0.405 e. The van der Waals surface area contributed by atoms with Crippen molar-refractivity contribution in [3.63, 3.8) is 0 Å². The van der Waals surface area contributed by atoms with Crippen LogP contribution in [0.1, 0.15) is 5.56 Å². The highest BCUT2D eigenvalue weighted by Crippen LogP contribution is 2.53. The first-order valence-electron chi connectivity index (χ1n) is 8.36. The molecule has 0 amide bonds. The van der Waals surface area contributed by atoms with E-state index in [9.17, 15) is 9.36 Å². The monoisotopic (exact) mass is 423 g/mol. The SMILES string of the molecule is CSc1ccc2c(c1)COP(=O)(COCCn1cnc3c(=O)[nH]c(N)nc31)O2. The average molecular weight is 423 g/mol. The highest BCUT2D eigenvalue weighted by atomic mass is 32.2. The highest BCUT2D eigenvalue weighted by molar-refractivity contribution is 7.98. The summed E-state index contributed by atoms with van der Waals surface area (Å²) in [6.45, 7) is 0.761. The third-order valence-corrected chi connectivity index (χ3v) is 6.36. The van der Waals surface area contributed by atoms with Gasteiger partial charge in [0.05, 0.1) is 19.5 Å². The van der Waals surface area contributed by atoms with E-state index < -0.39 is 13.2 Å². The number of nitrogen functional groups attached to an aromatic ring is 1. The zero-order chi connectivity index (χ0) is 19.7. The van der Waals surface area contributed by atoms with Gasteiger partial charge in [-0.2, -0.15) is 4.98 Å². The van der Waals surface area contributed by atoms with E-state index in [4.69, 9.17) is 19.5 Å². The summed E-state index contributed by atoms with van der Waals surface area (Å²) in [5.41, 5.74) is 6.58. The number of imidazole rings is 1. The highest BCUT2D eigenvalue weighted by Gasteiger charge is 2.32. The molecule has 0 saturated carbocycles. The van der Waals surface area contributed by atoms with Gasteiger partial charge >= 0.3 is 7.60 Å². The Morgan fingerprint density at radius 3 is 3.14 bits per heavy atom. The summed E-state index contributed by atoms with van der Waals surface area (Å²) in [6, 6.07) is 5.65. The summed E-state index contributed by atoms with van der Waals surface area (Å²) in [7, 11) is -3.38. The Morgan fingerprint density at radius 2 is 2.32 bits per heavy atom. The van der Waals surface area contributed by atoms with Gasteiger partial charge in [0.15, 0.2) is 17.5 Å². The number of anilines is 1. The Labute approximate surface area is 163 Å². The number of hydrogen-bond acceptors (Lipinski definition) is 9. The molecular weight excluding hydrogens is 405 g/mol. The number of nitrogens with zero attached hydrogens (tertiary/aromatic N) is 3. The van der Waals surface area contributed by atoms with Crippen LogP contribution in [0, 0.1) is 0 Å². The third-order valence-electron chi connectivity index (χ3n) is 4.14. The molecular formula is C16H18N5O5PS. The Hall–Kier alpha value is -2.33. The minimum Gasteiger partial charge on any atom is -0.422 e. The van der Waals surface area contributed by atoms with Crippen molar-refractivity contribution in [3.8, 4) is 5.75 Å². The normalized spacial score (nSPS) is 18.8. The molecule has 4 rings (SSSR count). The molecule has 1 unspecified atom stereocenters. The minimum atomic E-state index is -3.38. The molecule has 28 heavy (non-hydrogen) atoms. The van der Waals surface area contributed by atoms with Crippen LogP contribution in [0.5, 0.6) is 5.75 Å². The Balaban J connectivity index is 1.37. The first kappa shape index (κ1) is 19.0. The van der Waals surface area contributed by atoms with Crippen LogP contribution in [0.3, 0.4) is 0 Å². The van der Waals surface area contributed by atoms with Gasteiger partial charge in [0.1, 0.15) is 5.75 Å². The van der Waals surface area contributed by atoms with Gasteiger partial charge in [-0.1, -0.05) is 0 Å². The summed E-state index contributed by atoms with van der Waals surface area (Å²) in [4.78, 5) is 23.4. The van der Waals surface area contributed by atoms with E-state index in [0.29, 0.717) is 17.9 Å². The molecule has 1 aliphatic rings. The van der Waals surface area contributed by atoms with E-state index in [2.05, 4.69) is 15.0 Å². The lowest BCUT2D eigenvalue weighted by Gasteiger charge is -2.26. The van der Waals surface area contributed by atoms with E-state index in [1.165, 1.54) is 6.33 Å². The summed E-state index contributed by atoms with van der Waals surface area (Å²) in [5.74, 6) is 0.562. The molecule has 0 bridgehead atoms. The maximum absolute atomic E-state index is 12.7. The molecule has 148 valence electrons. The molecule has 3 N–H and O–H groups in total. The molecule has 0 spiro atoms. The van der Waals surface area contributed by atoms with Gasteiger partial charge in [0.25, 0.3) is 5.56 Å². The van der Waals surface area contributed by atoms with Gasteiger partial charge in [-0.05, 0) is 24.5 Å². The standard InChI is InChI=1S/C16H18N5O5PS/c1-28-11-2-3-12-10(6-11)7-25-27(23,26-12)9-24-5-4-21-8-18-13-14(21)19-16(17)20-15(13)22/h2-3,6,8H,4-5,7,9H2,1H3,(H3,17,19,20,22). The molecule has 0 aliphatic carbocycles. The van der Waals surface area contributed by atoms with Crippen LogP contribution in [0.2, 0.25) is 0 Å². The van der Waals surface area contributed by atoms with Crippen molar-refractivity contribution >= 4 is 36.5 Å². The van der Waals surface area contributed by atoms with Crippen molar-refractivity contribution < 1.29 is 18.3 Å². The Morgan fingerprint density at radius 1 is 1.46 bits per heavy atom. The second-order valence-corrected chi connectivity index (χ2v) is 8.85. The van der Waals surface area contributed by atoms with Gasteiger partial charge in [-0.15, -0.1) is 11.8 Å². The largest absolute Gasteiger partial charge is 0.422 e. The third kappa shape index (κ3) is 3.79. The van der Waals surface area contributed by atoms with E-state index in [1.54, 1.807) is 22.4 Å². The molecule has 1 atom stereocenters. The van der Waals surface area contributed by atoms with E-state index in [0.717, 1.165) is 10.5 Å². The number of benzene rings is 1. The topological polar surface area (TPSA) is 134 Å². The number of aromatic nitrogens is 4. The summed E-state index contributed by atoms with van der Waals surface area (Å²) in [6.07, 6.45) is 3.28. The van der Waals surface area contributed by atoms with Crippen molar-refractivity contribution in [1.82, 2.24) is 19.5 Å². The van der Waals surface area contributed by atoms with Gasteiger partial charge in [0.2, 0.25) is 5.95 Å². The predicted molar refractivity (Wildman–Crippen MR) is 105 cm³/mol. The lowest BCUT2D eigenvalue weighted by atomic mass is 10.2. The molecule has 0 saturated heterocycles. The fraction of sp³-hybridized carbons (Fsp3) is 0.312. The number of thioether (sulfide) groups is 1. The minimum absolute atomic E-state index is 0.0110. The van der Waals surface area contributed by atoms with Crippen LogP contribution in [0.15, 0.2) is 34.2 Å². The second-order valence-electron chi connectivity index (χ2n) is 6.05. The van der Waals surface area contributed by atoms with Crippen LogP contribution >= 0.6 is 19.4 Å². The number of ether oxygens (including phenoxy) is 1. The molecule has 1 aliphatic heterocycles. The van der Waals surface area contributed by atoms with Crippen LogP contribution in [0.4, 0.5) is 5.95 Å². The summed E-state index contributed by atoms with van der Waals surface area (Å²) in [5, 5.41) is 0. The first-order valence-corrected chi connectivity index (χ1v) is 11.3. The zero-order valence-electron chi connectivity index (χ0n) is 15.0. The summed E-state index contributed by atoms with van der Waals surface area (Å²) < 4.78 is 30.9. The molecule has 2 aromatic heterocycles. The van der Waals surface area contributed by atoms with Crippen molar-refractivity contribution in [2.24, 2.45) is 0 Å². The average Bonchev–Trinajstić information content (AvgIpc) is 3.08. The zero-order valence-corrected chi connectivity index (χ0v) is 16.7. The quantitative estimate of drug-likeness (QED) is 0.347. The number of fused-ring (bicyclic) bond motifs is 2. The predicted octanol–water partition coefficient (Wildman–Crippen LogP) is 2.20. The van der Waals surface area contributed by atoms with E-state index in [-0.39, 0.29) is 31.0 Å². The smallest absolute Gasteiger partial charge is 0.405 e. The second kappa shape index (κ2) is 7.59. The molecule has 3 heterocycles. The van der Waals surface area contributed by atoms with Gasteiger partial charge in [-0.3, -0.25) is 14.3 Å². The maximum atomic E-state index is 12.7. The number of nitrogens with two attached hydrogens (primary N) is 1. The fourth-order valence-corrected chi connectivity index (χ4v) is 4.58. The lowest BCUT2D eigenvalue weighted by Crippen LogP contribution is -2.15. The first-order chi connectivity index (χ1) is 13.5. The van der Waals surface area contributed by atoms with E-state index in [1.807, 2.05) is 18.4 Å². The van der Waals surface area contributed by atoms with Gasteiger partial charge < -0.3 is 19.6 Å². The Bertz CT molecular complexity index is 1130. The fourth-order valence-electron chi connectivity index (χ4n) is 2.77. The number of aromatic amines is 1. The molecule has 0 radical (unpaired) electrons. The Kier molecular flexibility index (Phi) is 5.15. The van der Waals surface area contributed by atoms with E-state index >= 15 is 0 Å². The van der Waals surface area contributed by atoms with Crippen LogP contribution in [-0.4, -0.2) is 38.7 Å². The lowest BCUT2D eigenvalue weighted by molar-refractivity contribution is 0.132. The van der Waals surface area contributed by atoms with Crippen molar-refractivity contribution in [3.05, 3.63) is 40.4 Å². The van der Waals surface area contributed by atoms with Crippen molar-refractivity contribution in [1.29, 1.82) is 0 Å². The van der Waals surface area contributed by atoms with Crippen molar-refractivity contribution in [2.45, 2.75) is 18.0 Å². The number of hydrogen-bond donors (Lipinski definition) is 2. The molecule has 10 nitrogen and oxygen atoms in total. The van der Waals surface area contributed by atoms with Gasteiger partial charge in [0, 0.05) is 17.0 Å². The molecule has 0 fully saturated rings. The molecule has 12 heteroatoms. The number of nitrogens with one attached hydrogen (secondary N) is 1. The van der Waals surface area contributed by atoms with Crippen LogP contribution in [0.25, 0.3) is 11.2 Å². The van der Waals surface area contributed by atoms with Crippen LogP contribution < -0.4 is 15.8 Å². The molecule has 1 aromatic carbocycles. The number of H-pyrrole nitrogens is 1. The van der Waals surface area contributed by atoms with Crippen LogP contribution in [-0.2, 0) is 27.0 Å². The number of rotatable bonds is 6. The summed E-state index contributed by atoms with van der Waals surface area (Å²) >= 11 is 1.61. The molecule has 3 aromatic rings. The van der Waals surface area contributed by atoms with Gasteiger partial charge in [-0.25, -0.2) is 9.55 Å². The van der Waals surface area contributed by atoms with Crippen molar-refractivity contribution in [2.75, 3.05) is 24.9 Å².